The summed E-state index contributed by atoms with van der Waals surface area (Å²) < 4.78 is 0. The Morgan fingerprint density at radius 2 is 2.53 bits per heavy atom. The van der Waals surface area contributed by atoms with E-state index in [4.69, 9.17) is 5.84 Å². The van der Waals surface area contributed by atoms with E-state index in [0.717, 1.165) is 17.9 Å². The van der Waals surface area contributed by atoms with Gasteiger partial charge in [-0.3, -0.25) is 4.79 Å². The van der Waals surface area contributed by atoms with Gasteiger partial charge >= 0.3 is 0 Å². The van der Waals surface area contributed by atoms with Gasteiger partial charge in [-0.05, 0) is 24.3 Å². The van der Waals surface area contributed by atoms with E-state index in [1.54, 1.807) is 23.2 Å². The number of anilines is 1. The number of thioether (sulfide) groups is 1. The Morgan fingerprint density at radius 1 is 1.71 bits per heavy atom. The molecule has 2 heterocycles. The lowest BCUT2D eigenvalue weighted by Crippen LogP contribution is -2.37. The third kappa shape index (κ3) is 2.53. The summed E-state index contributed by atoms with van der Waals surface area (Å²) in [5, 5.41) is 0. The summed E-state index contributed by atoms with van der Waals surface area (Å²) in [5.41, 5.74) is 2.98. The van der Waals surface area contributed by atoms with E-state index >= 15 is 0 Å². The predicted octanol–water partition coefficient (Wildman–Crippen LogP) is 0.945. The zero-order valence-corrected chi connectivity index (χ0v) is 10.5. The van der Waals surface area contributed by atoms with Gasteiger partial charge in [0.1, 0.15) is 0 Å². The first-order valence-electron chi connectivity index (χ1n) is 5.50. The van der Waals surface area contributed by atoms with Crippen molar-refractivity contribution in [2.24, 2.45) is 5.84 Å². The van der Waals surface area contributed by atoms with Gasteiger partial charge in [-0.1, -0.05) is 0 Å². The molecule has 0 aliphatic carbocycles. The molecule has 3 N–H and O–H groups in total. The van der Waals surface area contributed by atoms with Crippen LogP contribution in [0, 0.1) is 0 Å². The molecule has 0 aromatic carbocycles. The number of amides is 1. The number of carbonyl (C=O) groups is 1. The van der Waals surface area contributed by atoms with Crippen molar-refractivity contribution in [2.45, 2.75) is 12.5 Å². The Balaban J connectivity index is 2.18. The summed E-state index contributed by atoms with van der Waals surface area (Å²) >= 11 is 1.88. The number of hydrogen-bond acceptors (Lipinski definition) is 5. The van der Waals surface area contributed by atoms with Crippen LogP contribution in [-0.2, 0) is 0 Å². The molecule has 0 saturated carbocycles. The first-order chi connectivity index (χ1) is 8.24. The highest BCUT2D eigenvalue weighted by Crippen LogP contribution is 2.23. The molecule has 92 valence electrons. The van der Waals surface area contributed by atoms with E-state index in [0.29, 0.717) is 17.4 Å². The molecule has 2 rings (SSSR count). The number of nitrogen functional groups attached to an aromatic ring is 1. The minimum atomic E-state index is -0.0291. The van der Waals surface area contributed by atoms with E-state index in [1.807, 2.05) is 18.8 Å². The van der Waals surface area contributed by atoms with E-state index in [-0.39, 0.29) is 5.91 Å². The van der Waals surface area contributed by atoms with Gasteiger partial charge < -0.3 is 10.3 Å². The number of rotatable bonds is 3. The van der Waals surface area contributed by atoms with Crippen LogP contribution in [0.5, 0.6) is 0 Å². The molecular formula is C11H16N4OS. The summed E-state index contributed by atoms with van der Waals surface area (Å²) in [6, 6.07) is 3.80. The van der Waals surface area contributed by atoms with Crippen molar-refractivity contribution < 1.29 is 4.79 Å². The molecule has 6 heteroatoms. The van der Waals surface area contributed by atoms with Crippen molar-refractivity contribution in [3.8, 4) is 0 Å². The highest BCUT2D eigenvalue weighted by molar-refractivity contribution is 7.99. The van der Waals surface area contributed by atoms with E-state index in [9.17, 15) is 4.79 Å². The second-order valence-corrected chi connectivity index (χ2v) is 5.13. The van der Waals surface area contributed by atoms with Crippen LogP contribution >= 0.6 is 11.8 Å². The maximum Gasteiger partial charge on any atom is 0.257 e. The molecule has 1 aromatic heterocycles. The molecule has 5 nitrogen and oxygen atoms in total. The Morgan fingerprint density at radius 3 is 3.18 bits per heavy atom. The molecule has 0 radical (unpaired) electrons. The molecule has 1 aliphatic heterocycles. The fourth-order valence-electron chi connectivity index (χ4n) is 1.88. The molecule has 1 aliphatic rings. The number of hydrogen-bond donors (Lipinski definition) is 2. The first-order valence-corrected chi connectivity index (χ1v) is 6.66. The normalized spacial score (nSPS) is 19.1. The zero-order chi connectivity index (χ0) is 12.3. The van der Waals surface area contributed by atoms with Crippen molar-refractivity contribution in [3.63, 3.8) is 0 Å². The fourth-order valence-corrected chi connectivity index (χ4v) is 3.14. The van der Waals surface area contributed by atoms with Gasteiger partial charge in [-0.15, -0.1) is 0 Å². The largest absolute Gasteiger partial charge is 0.338 e. The monoisotopic (exact) mass is 252 g/mol. The van der Waals surface area contributed by atoms with Gasteiger partial charge in [-0.25, -0.2) is 10.8 Å². The highest BCUT2D eigenvalue weighted by atomic mass is 32.2. The van der Waals surface area contributed by atoms with Crippen LogP contribution in [0.1, 0.15) is 16.8 Å². The van der Waals surface area contributed by atoms with Crippen LogP contribution < -0.4 is 11.3 Å². The average molecular weight is 252 g/mol. The Labute approximate surface area is 105 Å². The predicted molar refractivity (Wildman–Crippen MR) is 69.9 cm³/mol. The average Bonchev–Trinajstić information content (AvgIpc) is 2.90. The number of nitrogens with zero attached hydrogens (tertiary/aromatic N) is 2. The van der Waals surface area contributed by atoms with E-state index in [1.165, 1.54) is 0 Å². The number of pyridine rings is 1. The highest BCUT2D eigenvalue weighted by Gasteiger charge is 2.26. The number of aromatic nitrogens is 1. The van der Waals surface area contributed by atoms with Crippen LogP contribution in [0.4, 0.5) is 5.82 Å². The SMILES string of the molecule is CN(C(=O)c1cccnc1NN)C1CCSC1. The molecular weight excluding hydrogens is 236 g/mol. The van der Waals surface area contributed by atoms with Gasteiger partial charge in [-0.2, -0.15) is 11.8 Å². The van der Waals surface area contributed by atoms with Gasteiger partial charge in [0.15, 0.2) is 5.82 Å². The fraction of sp³-hybridized carbons (Fsp3) is 0.455. The van der Waals surface area contributed by atoms with Crippen LogP contribution in [0.15, 0.2) is 18.3 Å². The molecule has 1 aromatic rings. The molecule has 17 heavy (non-hydrogen) atoms. The zero-order valence-electron chi connectivity index (χ0n) is 9.72. The third-order valence-electron chi connectivity index (χ3n) is 2.95. The topological polar surface area (TPSA) is 71.2 Å². The summed E-state index contributed by atoms with van der Waals surface area (Å²) in [6.07, 6.45) is 2.66. The summed E-state index contributed by atoms with van der Waals surface area (Å²) in [5.74, 6) is 7.88. The van der Waals surface area contributed by atoms with Gasteiger partial charge in [0.2, 0.25) is 0 Å². The summed E-state index contributed by atoms with van der Waals surface area (Å²) in [6.45, 7) is 0. The number of hydrazine groups is 1. The lowest BCUT2D eigenvalue weighted by atomic mass is 10.1. The van der Waals surface area contributed by atoms with Crippen molar-refractivity contribution in [1.29, 1.82) is 0 Å². The Kier molecular flexibility index (Phi) is 3.86. The number of nitrogens with one attached hydrogen (secondary N) is 1. The third-order valence-corrected chi connectivity index (χ3v) is 4.09. The minimum absolute atomic E-state index is 0.0291. The minimum Gasteiger partial charge on any atom is -0.338 e. The molecule has 1 atom stereocenters. The molecule has 1 saturated heterocycles. The lowest BCUT2D eigenvalue weighted by molar-refractivity contribution is 0.0748. The van der Waals surface area contributed by atoms with Crippen LogP contribution in [0.25, 0.3) is 0 Å². The first kappa shape index (κ1) is 12.2. The van der Waals surface area contributed by atoms with E-state index < -0.39 is 0 Å². The smallest absolute Gasteiger partial charge is 0.257 e. The lowest BCUT2D eigenvalue weighted by Gasteiger charge is -2.24. The van der Waals surface area contributed by atoms with Gasteiger partial charge in [0.25, 0.3) is 5.91 Å². The molecule has 1 amide bonds. The standard InChI is InChI=1S/C11H16N4OS/c1-15(8-4-6-17-7-8)11(16)9-3-2-5-13-10(9)14-12/h2-3,5,8H,4,6-7,12H2,1H3,(H,13,14). The van der Waals surface area contributed by atoms with Gasteiger partial charge in [0.05, 0.1) is 5.56 Å². The number of nitrogens with two attached hydrogens (primary N) is 1. The number of carbonyl (C=O) groups excluding carboxylic acids is 1. The van der Waals surface area contributed by atoms with Crippen LogP contribution in [0.3, 0.4) is 0 Å². The van der Waals surface area contributed by atoms with Gasteiger partial charge in [0, 0.05) is 25.0 Å². The molecule has 1 unspecified atom stereocenters. The maximum absolute atomic E-state index is 12.3. The van der Waals surface area contributed by atoms with Crippen molar-refractivity contribution in [1.82, 2.24) is 9.88 Å². The Hall–Kier alpha value is -1.27. The summed E-state index contributed by atoms with van der Waals surface area (Å²) in [7, 11) is 1.84. The maximum atomic E-state index is 12.3. The second kappa shape index (κ2) is 5.37. The molecule has 0 spiro atoms. The summed E-state index contributed by atoms with van der Waals surface area (Å²) in [4.78, 5) is 18.1. The van der Waals surface area contributed by atoms with Crippen LogP contribution in [-0.4, -0.2) is 40.4 Å². The van der Waals surface area contributed by atoms with Crippen molar-refractivity contribution in [2.75, 3.05) is 24.0 Å². The van der Waals surface area contributed by atoms with Crippen LogP contribution in [0.2, 0.25) is 0 Å². The second-order valence-electron chi connectivity index (χ2n) is 3.98. The van der Waals surface area contributed by atoms with Crippen molar-refractivity contribution >= 4 is 23.5 Å². The molecule has 0 bridgehead atoms. The quantitative estimate of drug-likeness (QED) is 0.619. The molecule has 1 fully saturated rings. The van der Waals surface area contributed by atoms with Crippen molar-refractivity contribution in [3.05, 3.63) is 23.9 Å². The Bertz CT molecular complexity index is 406. The van der Waals surface area contributed by atoms with E-state index in [2.05, 4.69) is 10.4 Å².